The largest absolute Gasteiger partial charge is 0.388 e. The Balaban J connectivity index is 2.06. The zero-order valence-corrected chi connectivity index (χ0v) is 9.52. The van der Waals surface area contributed by atoms with Crippen LogP contribution in [0.15, 0.2) is 30.3 Å². The van der Waals surface area contributed by atoms with E-state index in [0.717, 1.165) is 5.69 Å². The first-order chi connectivity index (χ1) is 8.09. The van der Waals surface area contributed by atoms with Gasteiger partial charge >= 0.3 is 0 Å². The summed E-state index contributed by atoms with van der Waals surface area (Å²) in [5.74, 6) is 0. The lowest BCUT2D eigenvalue weighted by molar-refractivity contribution is -0.209. The highest BCUT2D eigenvalue weighted by Gasteiger charge is 2.41. The van der Waals surface area contributed by atoms with Gasteiger partial charge < -0.3 is 25.4 Å². The summed E-state index contributed by atoms with van der Waals surface area (Å²) in [6.07, 6.45) is -4.71. The Hall–Kier alpha value is -1.14. The van der Waals surface area contributed by atoms with Crippen molar-refractivity contribution in [2.45, 2.75) is 37.6 Å². The van der Waals surface area contributed by atoms with Gasteiger partial charge in [0.25, 0.3) is 0 Å². The minimum absolute atomic E-state index is 0.533. The van der Waals surface area contributed by atoms with Crippen LogP contribution >= 0.6 is 0 Å². The van der Waals surface area contributed by atoms with Gasteiger partial charge in [0, 0.05) is 5.69 Å². The lowest BCUT2D eigenvalue weighted by atomic mass is 9.99. The van der Waals surface area contributed by atoms with E-state index in [1.54, 1.807) is 6.92 Å². The third kappa shape index (κ3) is 2.58. The van der Waals surface area contributed by atoms with E-state index in [1.807, 2.05) is 30.3 Å². The lowest BCUT2D eigenvalue weighted by Crippen LogP contribution is -2.58. The van der Waals surface area contributed by atoms with E-state index in [4.69, 9.17) is 4.74 Å². The summed E-state index contributed by atoms with van der Waals surface area (Å²) in [5, 5.41) is 31.9. The van der Waals surface area contributed by atoms with Gasteiger partial charge in [-0.15, -0.1) is 0 Å². The average molecular weight is 239 g/mol. The fourth-order valence-electron chi connectivity index (χ4n) is 1.87. The van der Waals surface area contributed by atoms with Gasteiger partial charge in [-0.25, -0.2) is 0 Å². The van der Waals surface area contributed by atoms with Crippen LogP contribution in [0.4, 0.5) is 5.69 Å². The van der Waals surface area contributed by atoms with Crippen LogP contribution in [0.1, 0.15) is 6.92 Å². The molecule has 0 aliphatic carbocycles. The average Bonchev–Trinajstić information content (AvgIpc) is 2.35. The Kier molecular flexibility index (Phi) is 3.63. The summed E-state index contributed by atoms with van der Waals surface area (Å²) in [6, 6.07) is 9.25. The predicted octanol–water partition coefficient (Wildman–Crippen LogP) is -0.0740. The molecule has 0 spiro atoms. The molecule has 1 aromatic rings. The number of anilines is 1. The van der Waals surface area contributed by atoms with Crippen molar-refractivity contribution >= 4 is 5.69 Å². The summed E-state index contributed by atoms with van der Waals surface area (Å²) >= 11 is 0. The number of benzene rings is 1. The normalized spacial score (nSPS) is 37.8. The molecule has 1 heterocycles. The number of hydrogen-bond acceptors (Lipinski definition) is 5. The van der Waals surface area contributed by atoms with Crippen molar-refractivity contribution in [2.75, 3.05) is 5.32 Å². The maximum atomic E-state index is 9.79. The molecule has 0 amide bonds. The van der Waals surface area contributed by atoms with Gasteiger partial charge in [0.2, 0.25) is 0 Å². The molecule has 1 saturated heterocycles. The van der Waals surface area contributed by atoms with Gasteiger partial charge in [-0.05, 0) is 19.1 Å². The van der Waals surface area contributed by atoms with E-state index in [0.29, 0.717) is 0 Å². The molecule has 0 radical (unpaired) electrons. The number of rotatable bonds is 2. The monoisotopic (exact) mass is 239 g/mol. The van der Waals surface area contributed by atoms with E-state index >= 15 is 0 Å². The summed E-state index contributed by atoms with van der Waals surface area (Å²) in [6.45, 7) is 1.65. The molecule has 5 heteroatoms. The van der Waals surface area contributed by atoms with Crippen molar-refractivity contribution < 1.29 is 20.1 Å². The maximum Gasteiger partial charge on any atom is 0.157 e. The first kappa shape index (κ1) is 12.3. The number of hydrogen-bond donors (Lipinski definition) is 4. The van der Waals surface area contributed by atoms with Crippen LogP contribution in [-0.2, 0) is 4.74 Å². The molecular formula is C12H17NO4. The molecule has 2 rings (SSSR count). The first-order valence-electron chi connectivity index (χ1n) is 5.61. The minimum atomic E-state index is -1.21. The smallest absolute Gasteiger partial charge is 0.157 e. The SMILES string of the molecule is C[C@H]1O[C@H](Nc2ccccc2)[C@H](O)[C@@H](O)[C@H]1O. The molecule has 0 aromatic heterocycles. The highest BCUT2D eigenvalue weighted by Crippen LogP contribution is 2.22. The molecule has 1 aliphatic heterocycles. The highest BCUT2D eigenvalue weighted by atomic mass is 16.5. The van der Waals surface area contributed by atoms with Crippen LogP contribution in [0.2, 0.25) is 0 Å². The Labute approximate surface area is 99.7 Å². The highest BCUT2D eigenvalue weighted by molar-refractivity contribution is 5.43. The van der Waals surface area contributed by atoms with E-state index in [-0.39, 0.29) is 0 Å². The van der Waals surface area contributed by atoms with Crippen LogP contribution in [0.3, 0.4) is 0 Å². The maximum absolute atomic E-state index is 9.79. The summed E-state index contributed by atoms with van der Waals surface area (Å²) < 4.78 is 5.41. The van der Waals surface area contributed by atoms with Crippen molar-refractivity contribution in [3.8, 4) is 0 Å². The standard InChI is InChI=1S/C12H17NO4/c1-7-9(14)10(15)11(16)12(17-7)13-8-5-3-2-4-6-8/h2-7,9-16H,1H3/t7-,9+,10+,11-,12+/m1/s1. The second-order valence-corrected chi connectivity index (χ2v) is 4.24. The van der Waals surface area contributed by atoms with Crippen LogP contribution in [0.25, 0.3) is 0 Å². The van der Waals surface area contributed by atoms with E-state index in [9.17, 15) is 15.3 Å². The summed E-state index contributed by atoms with van der Waals surface area (Å²) in [4.78, 5) is 0. The molecular weight excluding hydrogens is 222 g/mol. The zero-order chi connectivity index (χ0) is 12.4. The molecule has 4 N–H and O–H groups in total. The van der Waals surface area contributed by atoms with Gasteiger partial charge in [0.05, 0.1) is 6.10 Å². The van der Waals surface area contributed by atoms with Gasteiger partial charge in [-0.3, -0.25) is 0 Å². The van der Waals surface area contributed by atoms with Crippen molar-refractivity contribution in [3.63, 3.8) is 0 Å². The Morgan fingerprint density at radius 2 is 1.65 bits per heavy atom. The predicted molar refractivity (Wildman–Crippen MR) is 62.4 cm³/mol. The minimum Gasteiger partial charge on any atom is -0.388 e. The topological polar surface area (TPSA) is 82.0 Å². The molecule has 17 heavy (non-hydrogen) atoms. The van der Waals surface area contributed by atoms with Crippen molar-refractivity contribution in [2.24, 2.45) is 0 Å². The molecule has 0 unspecified atom stereocenters. The first-order valence-corrected chi connectivity index (χ1v) is 5.61. The number of nitrogens with one attached hydrogen (secondary N) is 1. The number of ether oxygens (including phenoxy) is 1. The van der Waals surface area contributed by atoms with Crippen molar-refractivity contribution in [1.82, 2.24) is 0 Å². The number of para-hydroxylation sites is 1. The lowest BCUT2D eigenvalue weighted by Gasteiger charge is -2.39. The van der Waals surface area contributed by atoms with Crippen LogP contribution in [0.5, 0.6) is 0 Å². The third-order valence-electron chi connectivity index (χ3n) is 2.93. The zero-order valence-electron chi connectivity index (χ0n) is 9.52. The molecule has 1 aromatic carbocycles. The molecule has 5 atom stereocenters. The molecule has 1 fully saturated rings. The van der Waals surface area contributed by atoms with E-state index in [1.165, 1.54) is 0 Å². The third-order valence-corrected chi connectivity index (χ3v) is 2.93. The van der Waals surface area contributed by atoms with Crippen molar-refractivity contribution in [3.05, 3.63) is 30.3 Å². The molecule has 1 aliphatic rings. The van der Waals surface area contributed by atoms with Gasteiger partial charge in [-0.1, -0.05) is 18.2 Å². The molecule has 0 bridgehead atoms. The van der Waals surface area contributed by atoms with Gasteiger partial charge in [0.15, 0.2) is 6.23 Å². The Bertz CT molecular complexity index is 359. The van der Waals surface area contributed by atoms with E-state index < -0.39 is 30.6 Å². The summed E-state index contributed by atoms with van der Waals surface area (Å²) in [5.41, 5.74) is 0.785. The van der Waals surface area contributed by atoms with Gasteiger partial charge in [-0.2, -0.15) is 0 Å². The Morgan fingerprint density at radius 3 is 2.29 bits per heavy atom. The fraction of sp³-hybridized carbons (Fsp3) is 0.500. The second kappa shape index (κ2) is 5.01. The van der Waals surface area contributed by atoms with Crippen LogP contribution in [-0.4, -0.2) is 46.0 Å². The van der Waals surface area contributed by atoms with Gasteiger partial charge in [0.1, 0.15) is 18.3 Å². The van der Waals surface area contributed by atoms with Crippen molar-refractivity contribution in [1.29, 1.82) is 0 Å². The molecule has 94 valence electrons. The number of aliphatic hydroxyl groups excluding tert-OH is 3. The fourth-order valence-corrected chi connectivity index (χ4v) is 1.87. The van der Waals surface area contributed by atoms with Crippen LogP contribution < -0.4 is 5.32 Å². The Morgan fingerprint density at radius 1 is 1.00 bits per heavy atom. The second-order valence-electron chi connectivity index (χ2n) is 4.24. The number of aliphatic hydroxyl groups is 3. The summed E-state index contributed by atoms with van der Waals surface area (Å²) in [7, 11) is 0. The molecule has 5 nitrogen and oxygen atoms in total. The molecule has 0 saturated carbocycles. The quantitative estimate of drug-likeness (QED) is 0.580. The van der Waals surface area contributed by atoms with E-state index in [2.05, 4.69) is 5.32 Å². The van der Waals surface area contributed by atoms with Crippen LogP contribution in [0, 0.1) is 0 Å².